The Kier molecular flexibility index (Phi) is 5.10. The largest absolute Gasteiger partial charge is 0.310 e. The van der Waals surface area contributed by atoms with Crippen molar-refractivity contribution in [2.24, 2.45) is 10.8 Å². The predicted molar refractivity (Wildman–Crippen MR) is 92.7 cm³/mol. The number of nitrogens with zero attached hydrogens (tertiary/aromatic N) is 1. The first kappa shape index (κ1) is 17.3. The van der Waals surface area contributed by atoms with E-state index < -0.39 is 0 Å². The van der Waals surface area contributed by atoms with Gasteiger partial charge in [0.05, 0.1) is 0 Å². The molecule has 0 bridgehead atoms. The molecule has 0 aromatic rings. The number of rotatable bonds is 2. The van der Waals surface area contributed by atoms with Crippen LogP contribution in [0.25, 0.3) is 0 Å². The molecular formula is C19H38N2. The third-order valence-corrected chi connectivity index (χ3v) is 5.71. The Morgan fingerprint density at radius 1 is 1.00 bits per heavy atom. The topological polar surface area (TPSA) is 15.3 Å². The fraction of sp³-hybridized carbons (Fsp3) is 1.00. The van der Waals surface area contributed by atoms with Gasteiger partial charge in [0, 0.05) is 24.7 Å². The minimum absolute atomic E-state index is 0.357. The molecule has 1 heterocycles. The molecule has 21 heavy (non-hydrogen) atoms. The average molecular weight is 295 g/mol. The number of hydrogen-bond donors (Lipinski definition) is 1. The van der Waals surface area contributed by atoms with E-state index in [1.54, 1.807) is 0 Å². The molecular weight excluding hydrogens is 256 g/mol. The van der Waals surface area contributed by atoms with E-state index in [2.05, 4.69) is 51.8 Å². The first-order valence-electron chi connectivity index (χ1n) is 9.11. The van der Waals surface area contributed by atoms with Crippen molar-refractivity contribution in [2.45, 2.75) is 91.6 Å². The van der Waals surface area contributed by atoms with Crippen LogP contribution in [0.1, 0.15) is 80.1 Å². The summed E-state index contributed by atoms with van der Waals surface area (Å²) in [6.07, 6.45) is 8.41. The van der Waals surface area contributed by atoms with Gasteiger partial charge in [-0.3, -0.25) is 4.90 Å². The average Bonchev–Trinajstić information content (AvgIpc) is 2.36. The molecule has 2 heteroatoms. The number of hydrogen-bond acceptors (Lipinski definition) is 2. The maximum Gasteiger partial charge on any atom is 0.0334 e. The van der Waals surface area contributed by atoms with Gasteiger partial charge in [0.2, 0.25) is 0 Å². The summed E-state index contributed by atoms with van der Waals surface area (Å²) in [5.41, 5.74) is 1.26. The Balaban J connectivity index is 2.09. The Hall–Kier alpha value is -0.0800. The number of nitrogens with one attached hydrogen (secondary N) is 1. The molecule has 1 aliphatic carbocycles. The molecule has 1 atom stereocenters. The highest BCUT2D eigenvalue weighted by Crippen LogP contribution is 2.38. The molecule has 2 rings (SSSR count). The van der Waals surface area contributed by atoms with Gasteiger partial charge in [-0.2, -0.15) is 0 Å². The van der Waals surface area contributed by atoms with Crippen LogP contribution < -0.4 is 5.32 Å². The van der Waals surface area contributed by atoms with Gasteiger partial charge in [-0.1, -0.05) is 60.8 Å². The van der Waals surface area contributed by atoms with E-state index in [4.69, 9.17) is 0 Å². The van der Waals surface area contributed by atoms with E-state index in [0.717, 1.165) is 0 Å². The van der Waals surface area contributed by atoms with Gasteiger partial charge >= 0.3 is 0 Å². The molecule has 1 aliphatic heterocycles. The fourth-order valence-electron chi connectivity index (χ4n) is 3.99. The van der Waals surface area contributed by atoms with E-state index in [9.17, 15) is 0 Å². The summed E-state index contributed by atoms with van der Waals surface area (Å²) in [6, 6.07) is 0.630. The van der Waals surface area contributed by atoms with E-state index in [0.29, 0.717) is 22.4 Å². The lowest BCUT2D eigenvalue weighted by molar-refractivity contribution is -0.0155. The molecule has 0 aromatic carbocycles. The second-order valence-corrected chi connectivity index (χ2v) is 9.84. The van der Waals surface area contributed by atoms with Gasteiger partial charge in [-0.15, -0.1) is 0 Å². The minimum atomic E-state index is 0.357. The minimum Gasteiger partial charge on any atom is -0.310 e. The van der Waals surface area contributed by atoms with Gasteiger partial charge in [-0.05, 0) is 36.6 Å². The van der Waals surface area contributed by atoms with Crippen molar-refractivity contribution >= 4 is 0 Å². The second-order valence-electron chi connectivity index (χ2n) is 9.84. The van der Waals surface area contributed by atoms with Gasteiger partial charge < -0.3 is 5.32 Å². The third kappa shape index (κ3) is 4.45. The summed E-state index contributed by atoms with van der Waals surface area (Å²) in [5, 5.41) is 3.91. The summed E-state index contributed by atoms with van der Waals surface area (Å²) >= 11 is 0. The lowest BCUT2D eigenvalue weighted by Crippen LogP contribution is -2.67. The van der Waals surface area contributed by atoms with Crippen LogP contribution in [0, 0.1) is 10.8 Å². The molecule has 0 amide bonds. The van der Waals surface area contributed by atoms with E-state index >= 15 is 0 Å². The molecule has 2 aliphatic rings. The van der Waals surface area contributed by atoms with Crippen molar-refractivity contribution in [3.63, 3.8) is 0 Å². The molecule has 1 saturated carbocycles. The van der Waals surface area contributed by atoms with Crippen molar-refractivity contribution in [1.82, 2.24) is 10.2 Å². The molecule has 2 nitrogen and oxygen atoms in total. The summed E-state index contributed by atoms with van der Waals surface area (Å²) in [6.45, 7) is 18.0. The summed E-state index contributed by atoms with van der Waals surface area (Å²) < 4.78 is 0. The first-order valence-corrected chi connectivity index (χ1v) is 9.11. The molecule has 0 aromatic heterocycles. The van der Waals surface area contributed by atoms with Crippen molar-refractivity contribution in [2.75, 3.05) is 19.6 Å². The predicted octanol–water partition coefficient (Wildman–Crippen LogP) is 4.45. The maximum absolute atomic E-state index is 3.91. The Labute approximate surface area is 133 Å². The monoisotopic (exact) mass is 294 g/mol. The van der Waals surface area contributed by atoms with Gasteiger partial charge in [-0.25, -0.2) is 0 Å². The zero-order valence-corrected chi connectivity index (χ0v) is 15.4. The standard InChI is InChI=1S/C19H38N2/c1-17(2,3)12-13-21-14-16(18(4,5)6)20-15-19(21)10-8-7-9-11-19/h16,20H,7-15H2,1-6H3. The quantitative estimate of drug-likeness (QED) is 0.809. The van der Waals surface area contributed by atoms with E-state index in [1.807, 2.05) is 0 Å². The smallest absolute Gasteiger partial charge is 0.0334 e. The summed E-state index contributed by atoms with van der Waals surface area (Å²) in [7, 11) is 0. The van der Waals surface area contributed by atoms with Gasteiger partial charge in [0.15, 0.2) is 0 Å². The highest BCUT2D eigenvalue weighted by molar-refractivity contribution is 5.02. The highest BCUT2D eigenvalue weighted by atomic mass is 15.3. The molecule has 1 spiro atoms. The fourth-order valence-corrected chi connectivity index (χ4v) is 3.99. The van der Waals surface area contributed by atoms with Crippen molar-refractivity contribution in [1.29, 1.82) is 0 Å². The Morgan fingerprint density at radius 3 is 2.14 bits per heavy atom. The highest BCUT2D eigenvalue weighted by Gasteiger charge is 2.44. The van der Waals surface area contributed by atoms with E-state index in [-0.39, 0.29) is 0 Å². The van der Waals surface area contributed by atoms with Crippen LogP contribution in [0.3, 0.4) is 0 Å². The van der Waals surface area contributed by atoms with Crippen LogP contribution in [-0.2, 0) is 0 Å². The van der Waals surface area contributed by atoms with Crippen LogP contribution in [0.5, 0.6) is 0 Å². The van der Waals surface area contributed by atoms with Gasteiger partial charge in [0.25, 0.3) is 0 Å². The van der Waals surface area contributed by atoms with Crippen molar-refractivity contribution in [3.8, 4) is 0 Å². The third-order valence-electron chi connectivity index (χ3n) is 5.71. The number of piperazine rings is 1. The van der Waals surface area contributed by atoms with Crippen molar-refractivity contribution in [3.05, 3.63) is 0 Å². The lowest BCUT2D eigenvalue weighted by atomic mass is 9.75. The normalized spacial score (nSPS) is 28.0. The molecule has 124 valence electrons. The van der Waals surface area contributed by atoms with Crippen LogP contribution in [0.2, 0.25) is 0 Å². The molecule has 1 N–H and O–H groups in total. The Morgan fingerprint density at radius 2 is 1.62 bits per heavy atom. The summed E-state index contributed by atoms with van der Waals surface area (Å²) in [4.78, 5) is 2.88. The molecule has 2 fully saturated rings. The molecule has 1 unspecified atom stereocenters. The zero-order valence-electron chi connectivity index (χ0n) is 15.4. The molecule has 1 saturated heterocycles. The maximum atomic E-state index is 3.91. The van der Waals surface area contributed by atoms with E-state index in [1.165, 1.54) is 58.2 Å². The van der Waals surface area contributed by atoms with Crippen LogP contribution in [0.4, 0.5) is 0 Å². The second kappa shape index (κ2) is 6.20. The van der Waals surface area contributed by atoms with Crippen LogP contribution >= 0.6 is 0 Å². The summed E-state index contributed by atoms with van der Waals surface area (Å²) in [5.74, 6) is 0. The van der Waals surface area contributed by atoms with Crippen LogP contribution in [-0.4, -0.2) is 36.1 Å². The van der Waals surface area contributed by atoms with Gasteiger partial charge in [0.1, 0.15) is 0 Å². The van der Waals surface area contributed by atoms with Crippen LogP contribution in [0.15, 0.2) is 0 Å². The van der Waals surface area contributed by atoms with Crippen molar-refractivity contribution < 1.29 is 0 Å². The SMILES string of the molecule is CC(C)(C)CCN1CC(C(C)(C)C)NCC12CCCCC2. The zero-order chi connectivity index (χ0) is 15.7. The first-order chi connectivity index (χ1) is 9.62. The lowest BCUT2D eigenvalue weighted by Gasteiger charge is -2.54. The Bertz CT molecular complexity index is 328. The molecule has 0 radical (unpaired) electrons.